The van der Waals surface area contributed by atoms with Crippen LogP contribution < -0.4 is 5.32 Å². The standard InChI is InChI=1S/C14H18F2N2O2/c1-9(2)18(10(3)19)7-6-14(20)17-13-5-4-11(15)8-12(13)16/h4-5,8-9H,6-7H2,1-3H3,(H,17,20). The molecule has 20 heavy (non-hydrogen) atoms. The van der Waals surface area contributed by atoms with Crippen LogP contribution in [-0.4, -0.2) is 29.3 Å². The summed E-state index contributed by atoms with van der Waals surface area (Å²) in [7, 11) is 0. The number of nitrogens with one attached hydrogen (secondary N) is 1. The Kier molecular flexibility index (Phi) is 5.61. The van der Waals surface area contributed by atoms with E-state index in [0.29, 0.717) is 6.07 Å². The summed E-state index contributed by atoms with van der Waals surface area (Å²) in [5.74, 6) is -2.09. The van der Waals surface area contributed by atoms with E-state index in [0.717, 1.165) is 12.1 Å². The Balaban J connectivity index is 2.57. The van der Waals surface area contributed by atoms with Gasteiger partial charge in [0.25, 0.3) is 0 Å². The zero-order valence-corrected chi connectivity index (χ0v) is 11.7. The van der Waals surface area contributed by atoms with E-state index in [-0.39, 0.29) is 30.6 Å². The highest BCUT2D eigenvalue weighted by atomic mass is 19.1. The second-order valence-electron chi connectivity index (χ2n) is 4.73. The molecule has 0 aliphatic heterocycles. The Bertz CT molecular complexity index is 504. The zero-order chi connectivity index (χ0) is 15.3. The van der Waals surface area contributed by atoms with Crippen molar-refractivity contribution in [1.82, 2.24) is 4.90 Å². The fraction of sp³-hybridized carbons (Fsp3) is 0.429. The van der Waals surface area contributed by atoms with Crippen LogP contribution in [0.4, 0.5) is 14.5 Å². The van der Waals surface area contributed by atoms with Crippen molar-refractivity contribution in [2.75, 3.05) is 11.9 Å². The second-order valence-corrected chi connectivity index (χ2v) is 4.73. The van der Waals surface area contributed by atoms with Gasteiger partial charge in [0.15, 0.2) is 0 Å². The first-order valence-electron chi connectivity index (χ1n) is 6.33. The van der Waals surface area contributed by atoms with Crippen molar-refractivity contribution in [2.24, 2.45) is 0 Å². The van der Waals surface area contributed by atoms with Crippen molar-refractivity contribution in [3.05, 3.63) is 29.8 Å². The molecule has 6 heteroatoms. The normalized spacial score (nSPS) is 10.5. The molecule has 2 amide bonds. The molecule has 110 valence electrons. The number of anilines is 1. The fourth-order valence-electron chi connectivity index (χ4n) is 1.80. The minimum Gasteiger partial charge on any atom is -0.340 e. The minimum absolute atomic E-state index is 0.0112. The van der Waals surface area contributed by atoms with Gasteiger partial charge in [-0.2, -0.15) is 0 Å². The quantitative estimate of drug-likeness (QED) is 0.903. The maximum absolute atomic E-state index is 13.3. The predicted octanol–water partition coefficient (Wildman–Crippen LogP) is 2.55. The summed E-state index contributed by atoms with van der Waals surface area (Å²) in [6.07, 6.45) is 0.0502. The van der Waals surface area contributed by atoms with Crippen LogP contribution in [0.25, 0.3) is 0 Å². The van der Waals surface area contributed by atoms with Crippen LogP contribution in [0.2, 0.25) is 0 Å². The van der Waals surface area contributed by atoms with Crippen molar-refractivity contribution >= 4 is 17.5 Å². The van der Waals surface area contributed by atoms with Crippen LogP contribution in [0.1, 0.15) is 27.2 Å². The molecular formula is C14H18F2N2O2. The maximum Gasteiger partial charge on any atom is 0.226 e. The molecule has 0 heterocycles. The molecule has 0 saturated heterocycles. The van der Waals surface area contributed by atoms with E-state index in [1.807, 2.05) is 13.8 Å². The molecule has 1 N–H and O–H groups in total. The highest BCUT2D eigenvalue weighted by Crippen LogP contribution is 2.15. The van der Waals surface area contributed by atoms with Crippen molar-refractivity contribution in [3.8, 4) is 0 Å². The first-order valence-corrected chi connectivity index (χ1v) is 6.33. The highest BCUT2D eigenvalue weighted by Gasteiger charge is 2.15. The van der Waals surface area contributed by atoms with Crippen LogP contribution in [-0.2, 0) is 9.59 Å². The summed E-state index contributed by atoms with van der Waals surface area (Å²) in [4.78, 5) is 24.6. The number of carbonyl (C=O) groups is 2. The van der Waals surface area contributed by atoms with Gasteiger partial charge in [0.1, 0.15) is 11.6 Å². The number of nitrogens with zero attached hydrogens (tertiary/aromatic N) is 1. The number of rotatable bonds is 5. The van der Waals surface area contributed by atoms with Crippen LogP contribution in [0, 0.1) is 11.6 Å². The molecule has 0 aliphatic carbocycles. The Morgan fingerprint density at radius 2 is 1.95 bits per heavy atom. The smallest absolute Gasteiger partial charge is 0.226 e. The molecule has 1 aromatic rings. The van der Waals surface area contributed by atoms with E-state index in [1.54, 1.807) is 4.90 Å². The molecule has 4 nitrogen and oxygen atoms in total. The largest absolute Gasteiger partial charge is 0.340 e. The number of hydrogen-bond acceptors (Lipinski definition) is 2. The lowest BCUT2D eigenvalue weighted by atomic mass is 10.2. The molecule has 0 fully saturated rings. The molecule has 0 saturated carbocycles. The number of carbonyl (C=O) groups excluding carboxylic acids is 2. The molecule has 0 aromatic heterocycles. The van der Waals surface area contributed by atoms with Gasteiger partial charge in [0.2, 0.25) is 11.8 Å². The van der Waals surface area contributed by atoms with Gasteiger partial charge in [-0.15, -0.1) is 0 Å². The Morgan fingerprint density at radius 3 is 2.45 bits per heavy atom. The fourth-order valence-corrected chi connectivity index (χ4v) is 1.80. The first-order chi connectivity index (χ1) is 9.31. The van der Waals surface area contributed by atoms with Gasteiger partial charge in [-0.25, -0.2) is 8.78 Å². The van der Waals surface area contributed by atoms with E-state index in [4.69, 9.17) is 0 Å². The molecule has 0 atom stereocenters. The molecule has 0 spiro atoms. The molecule has 0 bridgehead atoms. The van der Waals surface area contributed by atoms with Gasteiger partial charge in [-0.1, -0.05) is 0 Å². The molecule has 1 aromatic carbocycles. The highest BCUT2D eigenvalue weighted by molar-refractivity contribution is 5.91. The summed E-state index contributed by atoms with van der Waals surface area (Å²) in [5, 5.41) is 2.35. The van der Waals surface area contributed by atoms with Crippen molar-refractivity contribution < 1.29 is 18.4 Å². The summed E-state index contributed by atoms with van der Waals surface area (Å²) < 4.78 is 26.1. The Labute approximate surface area is 116 Å². The van der Waals surface area contributed by atoms with E-state index in [9.17, 15) is 18.4 Å². The number of benzene rings is 1. The summed E-state index contributed by atoms with van der Waals surface area (Å²) in [6.45, 7) is 5.37. The number of amides is 2. The third-order valence-electron chi connectivity index (χ3n) is 2.81. The predicted molar refractivity (Wildman–Crippen MR) is 72.1 cm³/mol. The third-order valence-corrected chi connectivity index (χ3v) is 2.81. The Hall–Kier alpha value is -1.98. The lowest BCUT2D eigenvalue weighted by Gasteiger charge is -2.24. The second kappa shape index (κ2) is 6.98. The molecule has 0 unspecified atom stereocenters. The monoisotopic (exact) mass is 284 g/mol. The van der Waals surface area contributed by atoms with Gasteiger partial charge in [0.05, 0.1) is 5.69 Å². The summed E-state index contributed by atoms with van der Waals surface area (Å²) in [6, 6.07) is 2.91. The van der Waals surface area contributed by atoms with Crippen LogP contribution in [0.3, 0.4) is 0 Å². The zero-order valence-electron chi connectivity index (χ0n) is 11.7. The topological polar surface area (TPSA) is 49.4 Å². The summed E-state index contributed by atoms with van der Waals surface area (Å²) in [5.41, 5.74) is -0.0738. The van der Waals surface area contributed by atoms with E-state index in [2.05, 4.69) is 5.32 Å². The maximum atomic E-state index is 13.3. The average Bonchev–Trinajstić information content (AvgIpc) is 2.32. The van der Waals surface area contributed by atoms with Crippen LogP contribution in [0.15, 0.2) is 18.2 Å². The van der Waals surface area contributed by atoms with Crippen LogP contribution in [0.5, 0.6) is 0 Å². The van der Waals surface area contributed by atoms with Crippen molar-refractivity contribution in [1.29, 1.82) is 0 Å². The van der Waals surface area contributed by atoms with Gasteiger partial charge >= 0.3 is 0 Å². The van der Waals surface area contributed by atoms with E-state index < -0.39 is 17.5 Å². The van der Waals surface area contributed by atoms with Crippen molar-refractivity contribution in [2.45, 2.75) is 33.2 Å². The van der Waals surface area contributed by atoms with E-state index >= 15 is 0 Å². The number of halogens is 2. The van der Waals surface area contributed by atoms with Crippen molar-refractivity contribution in [3.63, 3.8) is 0 Å². The molecule has 1 rings (SSSR count). The lowest BCUT2D eigenvalue weighted by molar-refractivity contribution is -0.130. The first kappa shape index (κ1) is 16.1. The average molecular weight is 284 g/mol. The van der Waals surface area contributed by atoms with Gasteiger partial charge in [0, 0.05) is 32.0 Å². The molecule has 0 aliphatic rings. The van der Waals surface area contributed by atoms with E-state index in [1.165, 1.54) is 6.92 Å². The lowest BCUT2D eigenvalue weighted by Crippen LogP contribution is -2.37. The van der Waals surface area contributed by atoms with Crippen LogP contribution >= 0.6 is 0 Å². The van der Waals surface area contributed by atoms with Gasteiger partial charge in [-0.3, -0.25) is 9.59 Å². The third kappa shape index (κ3) is 4.60. The minimum atomic E-state index is -0.828. The Morgan fingerprint density at radius 1 is 1.30 bits per heavy atom. The molecule has 0 radical (unpaired) electrons. The summed E-state index contributed by atoms with van der Waals surface area (Å²) >= 11 is 0. The SMILES string of the molecule is CC(=O)N(CCC(=O)Nc1ccc(F)cc1F)C(C)C. The van der Waals surface area contributed by atoms with Gasteiger partial charge < -0.3 is 10.2 Å². The van der Waals surface area contributed by atoms with Gasteiger partial charge in [-0.05, 0) is 26.0 Å². The number of hydrogen-bond donors (Lipinski definition) is 1. The molecular weight excluding hydrogens is 266 g/mol.